The van der Waals surface area contributed by atoms with E-state index >= 15 is 0 Å². The molecule has 0 saturated carbocycles. The van der Waals surface area contributed by atoms with Gasteiger partial charge in [0.2, 0.25) is 5.95 Å². The molecule has 8 heteroatoms. The van der Waals surface area contributed by atoms with Gasteiger partial charge in [-0.15, -0.1) is 0 Å². The minimum atomic E-state index is -0.677. The smallest absolute Gasteiger partial charge is 0.225 e. The van der Waals surface area contributed by atoms with Crippen LogP contribution in [0.5, 0.6) is 0 Å². The highest BCUT2D eigenvalue weighted by Crippen LogP contribution is 2.18. The van der Waals surface area contributed by atoms with Gasteiger partial charge in [-0.25, -0.2) is 19.9 Å². The molecule has 8 nitrogen and oxygen atoms in total. The summed E-state index contributed by atoms with van der Waals surface area (Å²) >= 11 is 0. The first-order valence-electron chi connectivity index (χ1n) is 8.03. The van der Waals surface area contributed by atoms with Crippen molar-refractivity contribution in [3.63, 3.8) is 0 Å². The van der Waals surface area contributed by atoms with Gasteiger partial charge in [-0.1, -0.05) is 0 Å². The zero-order chi connectivity index (χ0) is 17.1. The van der Waals surface area contributed by atoms with Crippen molar-refractivity contribution in [1.29, 1.82) is 0 Å². The highest BCUT2D eigenvalue weighted by atomic mass is 16.3. The molecule has 1 aliphatic rings. The number of anilines is 2. The van der Waals surface area contributed by atoms with Gasteiger partial charge in [0.1, 0.15) is 11.9 Å². The van der Waals surface area contributed by atoms with E-state index in [2.05, 4.69) is 29.7 Å². The lowest BCUT2D eigenvalue weighted by Gasteiger charge is -2.35. The van der Waals surface area contributed by atoms with Crippen molar-refractivity contribution in [2.45, 2.75) is 26.6 Å². The summed E-state index contributed by atoms with van der Waals surface area (Å²) in [6.45, 7) is 6.57. The lowest BCUT2D eigenvalue weighted by Crippen LogP contribution is -2.47. The fraction of sp³-hybridized carbons (Fsp3) is 0.500. The number of aliphatic hydroxyl groups excluding tert-OH is 2. The zero-order valence-corrected chi connectivity index (χ0v) is 13.9. The van der Waals surface area contributed by atoms with Crippen molar-refractivity contribution in [2.24, 2.45) is 0 Å². The van der Waals surface area contributed by atoms with Crippen molar-refractivity contribution in [3.05, 3.63) is 35.5 Å². The van der Waals surface area contributed by atoms with Crippen molar-refractivity contribution < 1.29 is 10.2 Å². The highest BCUT2D eigenvalue weighted by molar-refractivity contribution is 5.42. The van der Waals surface area contributed by atoms with Gasteiger partial charge in [-0.3, -0.25) is 0 Å². The zero-order valence-electron chi connectivity index (χ0n) is 13.9. The van der Waals surface area contributed by atoms with Crippen LogP contribution in [0.1, 0.15) is 30.2 Å². The van der Waals surface area contributed by atoms with Crippen LogP contribution < -0.4 is 9.80 Å². The second-order valence-corrected chi connectivity index (χ2v) is 5.88. The average Bonchev–Trinajstić information content (AvgIpc) is 2.61. The number of piperazine rings is 1. The summed E-state index contributed by atoms with van der Waals surface area (Å²) in [6, 6.07) is 3.65. The number of aryl methyl sites for hydroxylation is 1. The molecule has 0 aromatic carbocycles. The molecule has 1 atom stereocenters. The largest absolute Gasteiger partial charge is 0.390 e. The number of nitrogens with zero attached hydrogens (tertiary/aromatic N) is 6. The predicted octanol–water partition coefficient (Wildman–Crippen LogP) is 0.447. The molecule has 0 spiro atoms. The number of hydrogen-bond acceptors (Lipinski definition) is 8. The molecule has 0 radical (unpaired) electrons. The van der Waals surface area contributed by atoms with E-state index in [0.29, 0.717) is 17.5 Å². The molecular formula is C16H22N6O2. The lowest BCUT2D eigenvalue weighted by molar-refractivity contribution is 0.189. The Morgan fingerprint density at radius 2 is 1.83 bits per heavy atom. The first-order chi connectivity index (χ1) is 11.6. The Morgan fingerprint density at radius 3 is 2.50 bits per heavy atom. The number of aliphatic hydroxyl groups is 2. The minimum absolute atomic E-state index is 0.0839. The van der Waals surface area contributed by atoms with Crippen molar-refractivity contribution in [2.75, 3.05) is 36.0 Å². The van der Waals surface area contributed by atoms with Crippen LogP contribution in [-0.2, 0) is 6.61 Å². The van der Waals surface area contributed by atoms with Crippen LogP contribution in [0, 0.1) is 6.92 Å². The molecule has 2 aromatic rings. The summed E-state index contributed by atoms with van der Waals surface area (Å²) in [4.78, 5) is 21.6. The monoisotopic (exact) mass is 330 g/mol. The third-order valence-electron chi connectivity index (χ3n) is 3.98. The Morgan fingerprint density at radius 1 is 1.12 bits per heavy atom. The van der Waals surface area contributed by atoms with Crippen molar-refractivity contribution in [3.8, 4) is 0 Å². The standard InChI is InChI=1S/C16H22N6O2/c1-11-9-13(10-23)19-16(18-11)22-7-5-21(6-8-22)14-3-4-17-15(20-14)12(2)24/h3-4,9,12,23-24H,5-8,10H2,1-2H3/t12-/m1/s1. The molecule has 3 heterocycles. The van der Waals surface area contributed by atoms with E-state index in [-0.39, 0.29) is 6.61 Å². The molecule has 0 amide bonds. The molecule has 0 bridgehead atoms. The highest BCUT2D eigenvalue weighted by Gasteiger charge is 2.21. The average molecular weight is 330 g/mol. The van der Waals surface area contributed by atoms with Crippen LogP contribution in [0.3, 0.4) is 0 Å². The van der Waals surface area contributed by atoms with Crippen LogP contribution in [0.2, 0.25) is 0 Å². The summed E-state index contributed by atoms with van der Waals surface area (Å²) < 4.78 is 0. The van der Waals surface area contributed by atoms with Gasteiger partial charge in [0, 0.05) is 38.1 Å². The Bertz CT molecular complexity index is 701. The van der Waals surface area contributed by atoms with Gasteiger partial charge in [0.05, 0.1) is 12.3 Å². The lowest BCUT2D eigenvalue weighted by atomic mass is 10.3. The van der Waals surface area contributed by atoms with Crippen LogP contribution in [0.25, 0.3) is 0 Å². The van der Waals surface area contributed by atoms with Crippen molar-refractivity contribution in [1.82, 2.24) is 19.9 Å². The third-order valence-corrected chi connectivity index (χ3v) is 3.98. The molecule has 1 aliphatic heterocycles. The van der Waals surface area contributed by atoms with E-state index in [1.807, 2.05) is 13.0 Å². The third kappa shape index (κ3) is 3.60. The maximum Gasteiger partial charge on any atom is 0.225 e. The number of aromatic nitrogens is 4. The molecule has 3 rings (SSSR count). The van der Waals surface area contributed by atoms with Gasteiger partial charge in [0.25, 0.3) is 0 Å². The van der Waals surface area contributed by atoms with E-state index in [9.17, 15) is 10.2 Å². The summed E-state index contributed by atoms with van der Waals surface area (Å²) in [6.07, 6.45) is 0.998. The normalized spacial score (nSPS) is 16.3. The first-order valence-corrected chi connectivity index (χ1v) is 8.03. The molecule has 1 fully saturated rings. The van der Waals surface area contributed by atoms with E-state index in [0.717, 1.165) is 37.7 Å². The number of rotatable bonds is 4. The first kappa shape index (κ1) is 16.5. The summed E-state index contributed by atoms with van der Waals surface area (Å²) in [7, 11) is 0. The van der Waals surface area contributed by atoms with Gasteiger partial charge < -0.3 is 20.0 Å². The van der Waals surface area contributed by atoms with E-state index in [1.165, 1.54) is 0 Å². The maximum atomic E-state index is 9.62. The molecule has 128 valence electrons. The van der Waals surface area contributed by atoms with E-state index in [4.69, 9.17) is 0 Å². The van der Waals surface area contributed by atoms with Crippen LogP contribution in [0.4, 0.5) is 11.8 Å². The SMILES string of the molecule is Cc1cc(CO)nc(N2CCN(c3ccnc([C@@H](C)O)n3)CC2)n1. The second kappa shape index (κ2) is 7.06. The van der Waals surface area contributed by atoms with Crippen LogP contribution in [-0.4, -0.2) is 56.3 Å². The van der Waals surface area contributed by atoms with E-state index < -0.39 is 6.10 Å². The molecule has 2 N–H and O–H groups in total. The molecule has 2 aromatic heterocycles. The molecule has 0 aliphatic carbocycles. The van der Waals surface area contributed by atoms with Crippen LogP contribution in [0.15, 0.2) is 18.3 Å². The molecule has 0 unspecified atom stereocenters. The molecule has 1 saturated heterocycles. The van der Waals surface area contributed by atoms with Gasteiger partial charge >= 0.3 is 0 Å². The Labute approximate surface area is 140 Å². The summed E-state index contributed by atoms with van der Waals surface area (Å²) in [5, 5.41) is 18.9. The molecule has 24 heavy (non-hydrogen) atoms. The topological polar surface area (TPSA) is 98.5 Å². The van der Waals surface area contributed by atoms with E-state index in [1.54, 1.807) is 19.2 Å². The Balaban J connectivity index is 1.70. The Hall–Kier alpha value is -2.32. The van der Waals surface area contributed by atoms with Gasteiger partial charge in [0.15, 0.2) is 5.82 Å². The summed E-state index contributed by atoms with van der Waals surface area (Å²) in [5.41, 5.74) is 1.49. The molecular weight excluding hydrogens is 308 g/mol. The fourth-order valence-corrected chi connectivity index (χ4v) is 2.72. The van der Waals surface area contributed by atoms with Gasteiger partial charge in [-0.2, -0.15) is 0 Å². The summed E-state index contributed by atoms with van der Waals surface area (Å²) in [5.74, 6) is 1.91. The minimum Gasteiger partial charge on any atom is -0.390 e. The van der Waals surface area contributed by atoms with Gasteiger partial charge in [-0.05, 0) is 26.0 Å². The van der Waals surface area contributed by atoms with Crippen LogP contribution >= 0.6 is 0 Å². The quantitative estimate of drug-likeness (QED) is 0.834. The Kier molecular flexibility index (Phi) is 4.86. The second-order valence-electron chi connectivity index (χ2n) is 5.88. The fourth-order valence-electron chi connectivity index (χ4n) is 2.72. The van der Waals surface area contributed by atoms with Crippen molar-refractivity contribution >= 4 is 11.8 Å². The maximum absolute atomic E-state index is 9.62. The predicted molar refractivity (Wildman–Crippen MR) is 89.8 cm³/mol. The number of hydrogen-bond donors (Lipinski definition) is 2.